The first-order chi connectivity index (χ1) is 17.1. The van der Waals surface area contributed by atoms with Crippen LogP contribution in [0.15, 0.2) is 30.3 Å². The maximum atomic E-state index is 15.0. The topological polar surface area (TPSA) is 9.23 Å². The van der Waals surface area contributed by atoms with Gasteiger partial charge < -0.3 is 4.74 Å². The molecule has 2 aromatic rings. The van der Waals surface area contributed by atoms with E-state index in [2.05, 4.69) is 13.8 Å². The summed E-state index contributed by atoms with van der Waals surface area (Å²) in [5, 5.41) is 0. The van der Waals surface area contributed by atoms with Gasteiger partial charge in [0, 0.05) is 5.56 Å². The Morgan fingerprint density at radius 3 is 2.11 bits per heavy atom. The molecule has 0 saturated heterocycles. The van der Waals surface area contributed by atoms with Crippen LogP contribution < -0.4 is 4.74 Å². The Labute approximate surface area is 212 Å². The van der Waals surface area contributed by atoms with E-state index in [1.165, 1.54) is 83.1 Å². The fraction of sp³-hybridized carbons (Fsp3) is 0.625. The predicted octanol–water partition coefficient (Wildman–Crippen LogP) is 10.2. The van der Waals surface area contributed by atoms with E-state index in [0.29, 0.717) is 18.1 Å². The summed E-state index contributed by atoms with van der Waals surface area (Å²) in [7, 11) is 0. The Balaban J connectivity index is 1.57. The van der Waals surface area contributed by atoms with Crippen LogP contribution in [-0.2, 0) is 12.8 Å². The van der Waals surface area contributed by atoms with Crippen LogP contribution in [0.5, 0.6) is 5.75 Å². The summed E-state index contributed by atoms with van der Waals surface area (Å²) in [5.41, 5.74) is 3.22. The van der Waals surface area contributed by atoms with Crippen LogP contribution in [0.4, 0.5) is 8.78 Å². The van der Waals surface area contributed by atoms with E-state index < -0.39 is 11.6 Å². The lowest BCUT2D eigenvalue weighted by Gasteiger charge is -2.27. The Kier molecular flexibility index (Phi) is 12.1. The number of hydrogen-bond donors (Lipinski definition) is 0. The zero-order valence-corrected chi connectivity index (χ0v) is 22.1. The van der Waals surface area contributed by atoms with E-state index in [-0.39, 0.29) is 0 Å². The number of rotatable bonds is 16. The highest BCUT2D eigenvalue weighted by atomic mass is 19.2. The monoisotopic (exact) mass is 484 g/mol. The Morgan fingerprint density at radius 2 is 1.43 bits per heavy atom. The molecule has 1 aliphatic rings. The van der Waals surface area contributed by atoms with Crippen molar-refractivity contribution in [2.75, 3.05) is 6.61 Å². The molecule has 0 fully saturated rings. The van der Waals surface area contributed by atoms with Crippen molar-refractivity contribution in [3.05, 3.63) is 53.1 Å². The Hall–Kier alpha value is -1.90. The van der Waals surface area contributed by atoms with E-state index in [1.54, 1.807) is 0 Å². The van der Waals surface area contributed by atoms with Gasteiger partial charge in [0.05, 0.1) is 6.61 Å². The molecule has 0 aliphatic heterocycles. The summed E-state index contributed by atoms with van der Waals surface area (Å²) < 4.78 is 35.5. The van der Waals surface area contributed by atoms with E-state index in [1.807, 2.05) is 24.3 Å². The van der Waals surface area contributed by atoms with Gasteiger partial charge in [-0.25, -0.2) is 8.78 Å². The fourth-order valence-electron chi connectivity index (χ4n) is 5.50. The standard InChI is InChI=1S/C32H46F2O/c1-3-5-7-9-11-13-15-25-16-21-29-27(23-25)24-30(33)32(34)31(29)26-17-19-28(20-18-26)35-22-14-12-10-8-6-4-2/h17-20,24-25H,3-16,21-23H2,1-2H3. The predicted molar refractivity (Wildman–Crippen MR) is 144 cm³/mol. The second kappa shape index (κ2) is 15.3. The lowest BCUT2D eigenvalue weighted by molar-refractivity contribution is 0.304. The largest absolute Gasteiger partial charge is 0.494 e. The van der Waals surface area contributed by atoms with Crippen LogP contribution in [0.1, 0.15) is 115 Å². The molecule has 0 bridgehead atoms. The molecule has 3 heteroatoms. The van der Waals surface area contributed by atoms with Crippen LogP contribution in [-0.4, -0.2) is 6.61 Å². The Bertz CT molecular complexity index is 874. The smallest absolute Gasteiger partial charge is 0.166 e. The molecule has 1 aliphatic carbocycles. The van der Waals surface area contributed by atoms with E-state index >= 15 is 0 Å². The third kappa shape index (κ3) is 8.62. The fourth-order valence-corrected chi connectivity index (χ4v) is 5.50. The lowest BCUT2D eigenvalue weighted by Crippen LogP contribution is -2.16. The molecule has 0 N–H and O–H groups in total. The molecule has 0 radical (unpaired) electrons. The first-order valence-electron chi connectivity index (χ1n) is 14.4. The summed E-state index contributed by atoms with van der Waals surface area (Å²) in [6, 6.07) is 9.02. The minimum atomic E-state index is -0.720. The van der Waals surface area contributed by atoms with Crippen LogP contribution in [0.3, 0.4) is 0 Å². The van der Waals surface area contributed by atoms with E-state index in [0.717, 1.165) is 48.1 Å². The number of fused-ring (bicyclic) bond motifs is 1. The minimum absolute atomic E-state index is 0.459. The molecule has 0 amide bonds. The van der Waals surface area contributed by atoms with Crippen molar-refractivity contribution in [3.8, 4) is 16.9 Å². The lowest BCUT2D eigenvalue weighted by atomic mass is 9.78. The van der Waals surface area contributed by atoms with E-state index in [4.69, 9.17) is 4.74 Å². The quantitative estimate of drug-likeness (QED) is 0.215. The molecule has 0 aromatic heterocycles. The molecule has 1 unspecified atom stereocenters. The number of benzene rings is 2. The average Bonchev–Trinajstić information content (AvgIpc) is 2.87. The Morgan fingerprint density at radius 1 is 0.800 bits per heavy atom. The van der Waals surface area contributed by atoms with Crippen LogP contribution in [0.2, 0.25) is 0 Å². The van der Waals surface area contributed by atoms with Gasteiger partial charge in [-0.1, -0.05) is 103 Å². The zero-order chi connectivity index (χ0) is 24.9. The normalized spacial score (nSPS) is 15.3. The number of ether oxygens (including phenoxy) is 1. The van der Waals surface area contributed by atoms with Crippen molar-refractivity contribution in [1.82, 2.24) is 0 Å². The molecule has 1 atom stereocenters. The molecule has 3 rings (SSSR count). The molecule has 35 heavy (non-hydrogen) atoms. The third-order valence-corrected chi connectivity index (χ3v) is 7.61. The van der Waals surface area contributed by atoms with Crippen molar-refractivity contribution >= 4 is 0 Å². The first kappa shape index (κ1) is 27.7. The van der Waals surface area contributed by atoms with Crippen LogP contribution in [0, 0.1) is 17.6 Å². The molecular weight excluding hydrogens is 438 g/mol. The highest BCUT2D eigenvalue weighted by Crippen LogP contribution is 2.38. The van der Waals surface area contributed by atoms with Crippen LogP contribution >= 0.6 is 0 Å². The van der Waals surface area contributed by atoms with Gasteiger partial charge >= 0.3 is 0 Å². The van der Waals surface area contributed by atoms with E-state index in [9.17, 15) is 8.78 Å². The third-order valence-electron chi connectivity index (χ3n) is 7.61. The average molecular weight is 485 g/mol. The van der Waals surface area contributed by atoms with Gasteiger partial charge in [-0.3, -0.25) is 0 Å². The van der Waals surface area contributed by atoms with Gasteiger partial charge in [0.15, 0.2) is 11.6 Å². The molecule has 2 aromatic carbocycles. The maximum Gasteiger partial charge on any atom is 0.166 e. The van der Waals surface area contributed by atoms with Gasteiger partial charge in [0.2, 0.25) is 0 Å². The number of hydrogen-bond acceptors (Lipinski definition) is 1. The second-order valence-electron chi connectivity index (χ2n) is 10.5. The summed E-state index contributed by atoms with van der Waals surface area (Å²) in [6.45, 7) is 5.18. The zero-order valence-electron chi connectivity index (χ0n) is 22.1. The molecule has 0 heterocycles. The molecule has 0 saturated carbocycles. The number of unbranched alkanes of at least 4 members (excludes halogenated alkanes) is 10. The van der Waals surface area contributed by atoms with Gasteiger partial charge in [-0.2, -0.15) is 0 Å². The second-order valence-corrected chi connectivity index (χ2v) is 10.5. The summed E-state index contributed by atoms with van der Waals surface area (Å²) in [5.74, 6) is -0.0441. The van der Waals surface area contributed by atoms with Crippen molar-refractivity contribution in [1.29, 1.82) is 0 Å². The highest BCUT2D eigenvalue weighted by Gasteiger charge is 2.25. The summed E-state index contributed by atoms with van der Waals surface area (Å²) >= 11 is 0. The SMILES string of the molecule is CCCCCCCCOc1ccc(-c2c(F)c(F)cc3c2CCC(CCCCCCCC)C3)cc1. The van der Waals surface area contributed by atoms with Crippen molar-refractivity contribution in [2.45, 2.75) is 117 Å². The molecule has 0 spiro atoms. The molecule has 1 nitrogen and oxygen atoms in total. The summed E-state index contributed by atoms with van der Waals surface area (Å²) in [4.78, 5) is 0. The van der Waals surface area contributed by atoms with Gasteiger partial charge in [0.1, 0.15) is 5.75 Å². The molecule has 194 valence electrons. The highest BCUT2D eigenvalue weighted by molar-refractivity contribution is 5.70. The summed E-state index contributed by atoms with van der Waals surface area (Å²) in [6.07, 6.45) is 19.2. The minimum Gasteiger partial charge on any atom is -0.494 e. The van der Waals surface area contributed by atoms with Crippen LogP contribution in [0.25, 0.3) is 11.1 Å². The molecular formula is C32H46F2O. The maximum absolute atomic E-state index is 15.0. The van der Waals surface area contributed by atoms with Gasteiger partial charge in [-0.05, 0) is 66.5 Å². The first-order valence-corrected chi connectivity index (χ1v) is 14.4. The number of halogens is 2. The van der Waals surface area contributed by atoms with Gasteiger partial charge in [0.25, 0.3) is 0 Å². The van der Waals surface area contributed by atoms with Crippen molar-refractivity contribution in [3.63, 3.8) is 0 Å². The van der Waals surface area contributed by atoms with Crippen molar-refractivity contribution < 1.29 is 13.5 Å². The van der Waals surface area contributed by atoms with Crippen molar-refractivity contribution in [2.24, 2.45) is 5.92 Å². The van der Waals surface area contributed by atoms with Gasteiger partial charge in [-0.15, -0.1) is 0 Å².